The molecule has 3 heterocycles. The molecule has 2 aromatic heterocycles. The van der Waals surface area contributed by atoms with Gasteiger partial charge in [0.15, 0.2) is 0 Å². The number of aromatic nitrogens is 4. The molecule has 2 aromatic rings. The van der Waals surface area contributed by atoms with Gasteiger partial charge in [-0.2, -0.15) is 22.0 Å². The van der Waals surface area contributed by atoms with Crippen LogP contribution in [0.1, 0.15) is 36.0 Å². The van der Waals surface area contributed by atoms with E-state index in [0.29, 0.717) is 0 Å². The molecule has 23 heavy (non-hydrogen) atoms. The number of hydrogen-bond acceptors (Lipinski definition) is 5. The van der Waals surface area contributed by atoms with Crippen molar-refractivity contribution < 1.29 is 5.11 Å². The number of hydrogen-bond donors (Lipinski definition) is 1. The van der Waals surface area contributed by atoms with Gasteiger partial charge in [0.1, 0.15) is 6.10 Å². The molecule has 3 rings (SSSR count). The molecule has 0 spiro atoms. The molecule has 0 radical (unpaired) electrons. The maximum Gasteiger partial charge on any atom is 0.139 e. The molecule has 0 saturated carbocycles. The summed E-state index contributed by atoms with van der Waals surface area (Å²) < 4.78 is 3.76. The Kier molecular flexibility index (Phi) is 5.40. The Morgan fingerprint density at radius 2 is 2.26 bits per heavy atom. The molecule has 0 amide bonds. The first-order valence-corrected chi connectivity index (χ1v) is 9.52. The Morgan fingerprint density at radius 1 is 1.39 bits per heavy atom. The van der Waals surface area contributed by atoms with E-state index >= 15 is 0 Å². The fourth-order valence-electron chi connectivity index (χ4n) is 3.11. The average molecular weight is 335 g/mol. The molecular formula is C16H25N5OS. The van der Waals surface area contributed by atoms with E-state index in [9.17, 15) is 5.11 Å². The Balaban J connectivity index is 1.73. The number of nitrogens with zero attached hydrogens (tertiary/aromatic N) is 5. The van der Waals surface area contributed by atoms with Gasteiger partial charge >= 0.3 is 0 Å². The zero-order chi connectivity index (χ0) is 16.2. The van der Waals surface area contributed by atoms with E-state index in [0.717, 1.165) is 44.0 Å². The lowest BCUT2D eigenvalue weighted by atomic mass is 10.2. The van der Waals surface area contributed by atoms with Crippen molar-refractivity contribution in [2.45, 2.75) is 32.0 Å². The van der Waals surface area contributed by atoms with Crippen molar-refractivity contribution in [3.8, 4) is 0 Å². The van der Waals surface area contributed by atoms with Gasteiger partial charge in [-0.15, -0.1) is 0 Å². The maximum atomic E-state index is 10.6. The van der Waals surface area contributed by atoms with Gasteiger partial charge in [-0.05, 0) is 43.5 Å². The van der Waals surface area contributed by atoms with Crippen LogP contribution >= 0.6 is 11.8 Å². The highest BCUT2D eigenvalue weighted by atomic mass is 32.2. The molecule has 1 atom stereocenters. The van der Waals surface area contributed by atoms with Gasteiger partial charge in [0.05, 0.1) is 17.1 Å². The molecule has 0 aromatic carbocycles. The summed E-state index contributed by atoms with van der Waals surface area (Å²) in [5.41, 5.74) is 2.69. The maximum absolute atomic E-state index is 10.6. The molecule has 0 fully saturated rings. The van der Waals surface area contributed by atoms with E-state index in [1.165, 1.54) is 17.9 Å². The van der Waals surface area contributed by atoms with Crippen molar-refractivity contribution in [3.63, 3.8) is 0 Å². The zero-order valence-corrected chi connectivity index (χ0v) is 14.7. The van der Waals surface area contributed by atoms with Crippen molar-refractivity contribution in [2.75, 3.05) is 25.1 Å². The van der Waals surface area contributed by atoms with E-state index in [4.69, 9.17) is 0 Å². The predicted molar refractivity (Wildman–Crippen MR) is 92.4 cm³/mol. The van der Waals surface area contributed by atoms with Crippen LogP contribution in [0.3, 0.4) is 0 Å². The lowest BCUT2D eigenvalue weighted by molar-refractivity contribution is 0.203. The van der Waals surface area contributed by atoms with Crippen molar-refractivity contribution in [3.05, 3.63) is 35.4 Å². The number of thioether (sulfide) groups is 1. The zero-order valence-electron chi connectivity index (χ0n) is 13.9. The lowest BCUT2D eigenvalue weighted by Gasteiger charge is -2.18. The third kappa shape index (κ3) is 3.79. The van der Waals surface area contributed by atoms with Gasteiger partial charge in [-0.1, -0.05) is 0 Å². The summed E-state index contributed by atoms with van der Waals surface area (Å²) in [6.45, 7) is 4.09. The van der Waals surface area contributed by atoms with Crippen LogP contribution < -0.4 is 0 Å². The van der Waals surface area contributed by atoms with Crippen LogP contribution in [-0.2, 0) is 20.1 Å². The first-order valence-electron chi connectivity index (χ1n) is 8.13. The molecule has 1 aliphatic heterocycles. The first-order chi connectivity index (χ1) is 11.2. The minimum atomic E-state index is -0.716. The van der Waals surface area contributed by atoms with Gasteiger partial charge in [0.25, 0.3) is 0 Å². The highest BCUT2D eigenvalue weighted by molar-refractivity contribution is 7.98. The highest BCUT2D eigenvalue weighted by Gasteiger charge is 2.22. The SMILES string of the molecule is CSCCCN1CCCn2nc([C@H](O)c3ccnn3C)cc2C1. The summed E-state index contributed by atoms with van der Waals surface area (Å²) in [7, 11) is 1.84. The number of aliphatic hydroxyl groups is 1. The largest absolute Gasteiger partial charge is 0.380 e. The van der Waals surface area contributed by atoms with Crippen molar-refractivity contribution in [1.82, 2.24) is 24.5 Å². The predicted octanol–water partition coefficient (Wildman–Crippen LogP) is 1.66. The number of fused-ring (bicyclic) bond motifs is 1. The minimum absolute atomic E-state index is 0.716. The Hall–Kier alpha value is -1.31. The van der Waals surface area contributed by atoms with Gasteiger partial charge in [0, 0.05) is 32.9 Å². The second-order valence-electron chi connectivity index (χ2n) is 6.04. The van der Waals surface area contributed by atoms with Gasteiger partial charge in [-0.25, -0.2) is 0 Å². The summed E-state index contributed by atoms with van der Waals surface area (Å²) in [5.74, 6) is 1.21. The highest BCUT2D eigenvalue weighted by Crippen LogP contribution is 2.23. The summed E-state index contributed by atoms with van der Waals surface area (Å²) in [4.78, 5) is 2.50. The smallest absolute Gasteiger partial charge is 0.139 e. The van der Waals surface area contributed by atoms with E-state index in [2.05, 4.69) is 26.0 Å². The molecule has 126 valence electrons. The van der Waals surface area contributed by atoms with E-state index in [1.807, 2.05) is 30.9 Å². The first kappa shape index (κ1) is 16.5. The summed E-state index contributed by atoms with van der Waals surface area (Å²) >= 11 is 1.90. The topological polar surface area (TPSA) is 59.1 Å². The summed E-state index contributed by atoms with van der Waals surface area (Å²) in [5, 5.41) is 19.3. The molecule has 6 nitrogen and oxygen atoms in total. The van der Waals surface area contributed by atoms with Crippen LogP contribution in [0.25, 0.3) is 0 Å². The second kappa shape index (κ2) is 7.51. The van der Waals surface area contributed by atoms with Gasteiger partial charge in [0.2, 0.25) is 0 Å². The van der Waals surface area contributed by atoms with Crippen LogP contribution in [0.15, 0.2) is 18.3 Å². The molecule has 0 saturated heterocycles. The molecule has 1 N–H and O–H groups in total. The van der Waals surface area contributed by atoms with E-state index in [1.54, 1.807) is 10.9 Å². The lowest BCUT2D eigenvalue weighted by Crippen LogP contribution is -2.24. The standard InChI is InChI=1S/C16H25N5OS/c1-19-15(5-6-17-19)16(22)14-11-13-12-20(8-4-10-23-2)7-3-9-21(13)18-14/h5-6,11,16,22H,3-4,7-10,12H2,1-2H3/t16-/m0/s1. The molecule has 1 aliphatic rings. The quantitative estimate of drug-likeness (QED) is 0.814. The fourth-order valence-corrected chi connectivity index (χ4v) is 3.53. The monoisotopic (exact) mass is 335 g/mol. The Bertz CT molecular complexity index is 638. The second-order valence-corrected chi connectivity index (χ2v) is 7.03. The fraction of sp³-hybridized carbons (Fsp3) is 0.625. The third-order valence-electron chi connectivity index (χ3n) is 4.35. The van der Waals surface area contributed by atoms with Crippen LogP contribution in [0, 0.1) is 0 Å². The number of aryl methyl sites for hydroxylation is 2. The summed E-state index contributed by atoms with van der Waals surface area (Å²) in [6, 6.07) is 3.88. The number of aliphatic hydroxyl groups excluding tert-OH is 1. The summed E-state index contributed by atoms with van der Waals surface area (Å²) in [6.07, 6.45) is 5.47. The van der Waals surface area contributed by atoms with Gasteiger partial charge in [-0.3, -0.25) is 14.3 Å². The number of rotatable bonds is 6. The minimum Gasteiger partial charge on any atom is -0.380 e. The molecule has 0 unspecified atom stereocenters. The van der Waals surface area contributed by atoms with E-state index in [-0.39, 0.29) is 0 Å². The third-order valence-corrected chi connectivity index (χ3v) is 5.05. The van der Waals surface area contributed by atoms with Crippen LogP contribution in [-0.4, -0.2) is 54.7 Å². The molecule has 7 heteroatoms. The molecule has 0 aliphatic carbocycles. The molecule has 0 bridgehead atoms. The van der Waals surface area contributed by atoms with Crippen molar-refractivity contribution >= 4 is 11.8 Å². The average Bonchev–Trinajstić information content (AvgIpc) is 3.09. The molecular weight excluding hydrogens is 310 g/mol. The van der Waals surface area contributed by atoms with Crippen molar-refractivity contribution in [2.24, 2.45) is 7.05 Å². The van der Waals surface area contributed by atoms with Crippen LogP contribution in [0.4, 0.5) is 0 Å². The van der Waals surface area contributed by atoms with Crippen molar-refractivity contribution in [1.29, 1.82) is 0 Å². The van der Waals surface area contributed by atoms with Crippen LogP contribution in [0.2, 0.25) is 0 Å². The van der Waals surface area contributed by atoms with E-state index < -0.39 is 6.10 Å². The van der Waals surface area contributed by atoms with Crippen LogP contribution in [0.5, 0.6) is 0 Å². The Morgan fingerprint density at radius 3 is 3.00 bits per heavy atom. The van der Waals surface area contributed by atoms with Gasteiger partial charge < -0.3 is 5.11 Å². The Labute approximate surface area is 141 Å². The normalized spacial score (nSPS) is 17.0.